The number of amides is 1. The summed E-state index contributed by atoms with van der Waals surface area (Å²) in [6, 6.07) is 0. The third-order valence-electron chi connectivity index (χ3n) is 3.21. The first-order valence-corrected chi connectivity index (χ1v) is 6.88. The molecule has 0 unspecified atom stereocenters. The largest absolute Gasteiger partial charge is 0.343 e. The molecule has 1 amide bonds. The highest BCUT2D eigenvalue weighted by Crippen LogP contribution is 2.12. The lowest BCUT2D eigenvalue weighted by atomic mass is 10.1. The Morgan fingerprint density at radius 3 is 2.28 bits per heavy atom. The van der Waals surface area contributed by atoms with E-state index in [0.717, 1.165) is 43.7 Å². The Morgan fingerprint density at radius 1 is 1.22 bits per heavy atom. The van der Waals surface area contributed by atoms with Gasteiger partial charge in [0.1, 0.15) is 0 Å². The van der Waals surface area contributed by atoms with Gasteiger partial charge in [0.2, 0.25) is 5.91 Å². The van der Waals surface area contributed by atoms with E-state index in [0.29, 0.717) is 6.42 Å². The second-order valence-corrected chi connectivity index (χ2v) is 4.79. The first kappa shape index (κ1) is 14.7. The van der Waals surface area contributed by atoms with Crippen LogP contribution < -0.4 is 0 Å². The first-order chi connectivity index (χ1) is 8.60. The van der Waals surface area contributed by atoms with Crippen LogP contribution in [0.5, 0.6) is 0 Å². The van der Waals surface area contributed by atoms with Gasteiger partial charge in [0, 0.05) is 25.2 Å². The number of aryl methyl sites for hydroxylation is 2. The second-order valence-electron chi connectivity index (χ2n) is 4.79. The van der Waals surface area contributed by atoms with Crippen molar-refractivity contribution >= 4 is 5.91 Å². The van der Waals surface area contributed by atoms with Crippen LogP contribution in [-0.2, 0) is 11.2 Å². The lowest BCUT2D eigenvalue weighted by molar-refractivity contribution is -0.131. The molecule has 1 aromatic rings. The van der Waals surface area contributed by atoms with Gasteiger partial charge in [-0.3, -0.25) is 9.89 Å². The Kier molecular flexibility index (Phi) is 5.89. The highest BCUT2D eigenvalue weighted by Gasteiger charge is 2.14. The predicted molar refractivity (Wildman–Crippen MR) is 73.5 cm³/mol. The molecule has 0 saturated heterocycles. The number of carbonyl (C=O) groups is 1. The lowest BCUT2D eigenvalue weighted by Crippen LogP contribution is -2.32. The normalized spacial score (nSPS) is 10.7. The molecule has 0 aliphatic carbocycles. The Balaban J connectivity index is 2.53. The van der Waals surface area contributed by atoms with Crippen LogP contribution in [0, 0.1) is 13.8 Å². The molecule has 0 fully saturated rings. The van der Waals surface area contributed by atoms with E-state index in [1.165, 1.54) is 5.56 Å². The van der Waals surface area contributed by atoms with Crippen LogP contribution in [0.15, 0.2) is 0 Å². The van der Waals surface area contributed by atoms with Crippen LogP contribution in [0.1, 0.15) is 50.1 Å². The molecule has 18 heavy (non-hydrogen) atoms. The number of rotatable bonds is 7. The maximum absolute atomic E-state index is 12.1. The number of carbonyl (C=O) groups excluding carboxylic acids is 1. The maximum Gasteiger partial charge on any atom is 0.222 e. The van der Waals surface area contributed by atoms with E-state index in [4.69, 9.17) is 0 Å². The summed E-state index contributed by atoms with van der Waals surface area (Å²) in [5, 5.41) is 7.13. The zero-order valence-corrected chi connectivity index (χ0v) is 12.0. The van der Waals surface area contributed by atoms with Crippen molar-refractivity contribution in [3.05, 3.63) is 17.0 Å². The average molecular weight is 251 g/mol. The number of nitrogens with one attached hydrogen (secondary N) is 1. The zero-order valence-electron chi connectivity index (χ0n) is 12.0. The third kappa shape index (κ3) is 3.86. The molecule has 0 aliphatic heterocycles. The molecule has 0 aliphatic rings. The van der Waals surface area contributed by atoms with E-state index >= 15 is 0 Å². The van der Waals surface area contributed by atoms with Crippen molar-refractivity contribution in [2.75, 3.05) is 13.1 Å². The van der Waals surface area contributed by atoms with Gasteiger partial charge >= 0.3 is 0 Å². The molecule has 0 spiro atoms. The Morgan fingerprint density at radius 2 is 1.83 bits per heavy atom. The van der Waals surface area contributed by atoms with Gasteiger partial charge in [0.05, 0.1) is 5.69 Å². The third-order valence-corrected chi connectivity index (χ3v) is 3.21. The molecule has 0 bridgehead atoms. The molecule has 4 nitrogen and oxygen atoms in total. The molecule has 0 atom stereocenters. The molecule has 0 radical (unpaired) electrons. The molecule has 0 saturated carbocycles. The number of aromatic nitrogens is 2. The Hall–Kier alpha value is -1.32. The summed E-state index contributed by atoms with van der Waals surface area (Å²) >= 11 is 0. The van der Waals surface area contributed by atoms with Crippen LogP contribution in [-0.4, -0.2) is 34.1 Å². The number of H-pyrrole nitrogens is 1. The van der Waals surface area contributed by atoms with Crippen molar-refractivity contribution in [2.24, 2.45) is 0 Å². The fraction of sp³-hybridized carbons (Fsp3) is 0.714. The highest BCUT2D eigenvalue weighted by molar-refractivity contribution is 5.76. The van der Waals surface area contributed by atoms with Crippen LogP contribution in [0.4, 0.5) is 0 Å². The van der Waals surface area contributed by atoms with E-state index in [1.807, 2.05) is 18.7 Å². The van der Waals surface area contributed by atoms with Crippen LogP contribution in [0.3, 0.4) is 0 Å². The minimum absolute atomic E-state index is 0.263. The van der Waals surface area contributed by atoms with Gasteiger partial charge in [-0.2, -0.15) is 5.10 Å². The Labute approximate surface area is 110 Å². The summed E-state index contributed by atoms with van der Waals surface area (Å²) in [5.74, 6) is 0.263. The van der Waals surface area contributed by atoms with Crippen LogP contribution >= 0.6 is 0 Å². The number of hydrogen-bond acceptors (Lipinski definition) is 2. The molecule has 4 heteroatoms. The molecule has 1 rings (SSSR count). The minimum atomic E-state index is 0.263. The van der Waals surface area contributed by atoms with Gasteiger partial charge < -0.3 is 4.90 Å². The SMILES string of the molecule is CCCN(CCC)C(=O)CCc1c(C)n[nH]c1C. The number of hydrogen-bond donors (Lipinski definition) is 1. The van der Waals surface area contributed by atoms with Crippen molar-refractivity contribution in [3.63, 3.8) is 0 Å². The predicted octanol–water partition coefficient (Wildman–Crippen LogP) is 2.61. The molecule has 1 N–H and O–H groups in total. The van der Waals surface area contributed by atoms with E-state index in [1.54, 1.807) is 0 Å². The second kappa shape index (κ2) is 7.19. The first-order valence-electron chi connectivity index (χ1n) is 6.88. The lowest BCUT2D eigenvalue weighted by Gasteiger charge is -2.21. The van der Waals surface area contributed by atoms with E-state index in [2.05, 4.69) is 24.0 Å². The molecular weight excluding hydrogens is 226 g/mol. The summed E-state index contributed by atoms with van der Waals surface area (Å²) in [5.41, 5.74) is 3.28. The van der Waals surface area contributed by atoms with E-state index < -0.39 is 0 Å². The quantitative estimate of drug-likeness (QED) is 0.809. The van der Waals surface area contributed by atoms with Crippen molar-refractivity contribution in [1.29, 1.82) is 0 Å². The summed E-state index contributed by atoms with van der Waals surface area (Å²) < 4.78 is 0. The summed E-state index contributed by atoms with van der Waals surface area (Å²) in [6.07, 6.45) is 3.42. The maximum atomic E-state index is 12.1. The van der Waals surface area contributed by atoms with Gasteiger partial charge in [-0.1, -0.05) is 13.8 Å². The van der Waals surface area contributed by atoms with E-state index in [9.17, 15) is 4.79 Å². The molecular formula is C14H25N3O. The highest BCUT2D eigenvalue weighted by atomic mass is 16.2. The van der Waals surface area contributed by atoms with Gasteiger partial charge in [0.25, 0.3) is 0 Å². The van der Waals surface area contributed by atoms with Crippen molar-refractivity contribution < 1.29 is 4.79 Å². The van der Waals surface area contributed by atoms with Crippen molar-refractivity contribution in [2.45, 2.75) is 53.4 Å². The fourth-order valence-electron chi connectivity index (χ4n) is 2.23. The number of aromatic amines is 1. The van der Waals surface area contributed by atoms with Crippen molar-refractivity contribution in [3.8, 4) is 0 Å². The number of nitrogens with zero attached hydrogens (tertiary/aromatic N) is 2. The van der Waals surface area contributed by atoms with Crippen LogP contribution in [0.25, 0.3) is 0 Å². The molecule has 1 heterocycles. The molecule has 1 aromatic heterocycles. The topological polar surface area (TPSA) is 49.0 Å². The van der Waals surface area contributed by atoms with E-state index in [-0.39, 0.29) is 5.91 Å². The van der Waals surface area contributed by atoms with Crippen molar-refractivity contribution in [1.82, 2.24) is 15.1 Å². The Bertz CT molecular complexity index is 359. The molecule has 0 aromatic carbocycles. The van der Waals surface area contributed by atoms with Crippen LogP contribution in [0.2, 0.25) is 0 Å². The molecule has 102 valence electrons. The van der Waals surface area contributed by atoms with Gasteiger partial charge in [0.15, 0.2) is 0 Å². The van der Waals surface area contributed by atoms with Gasteiger partial charge in [-0.05, 0) is 38.7 Å². The van der Waals surface area contributed by atoms with Gasteiger partial charge in [-0.25, -0.2) is 0 Å². The summed E-state index contributed by atoms with van der Waals surface area (Å²) in [4.78, 5) is 14.1. The summed E-state index contributed by atoms with van der Waals surface area (Å²) in [6.45, 7) is 9.96. The average Bonchev–Trinajstić information content (AvgIpc) is 2.66. The summed E-state index contributed by atoms with van der Waals surface area (Å²) in [7, 11) is 0. The minimum Gasteiger partial charge on any atom is -0.343 e. The standard InChI is InChI=1S/C14H25N3O/c1-5-9-17(10-6-2)14(18)8-7-13-11(3)15-16-12(13)4/h5-10H2,1-4H3,(H,15,16). The van der Waals surface area contributed by atoms with Gasteiger partial charge in [-0.15, -0.1) is 0 Å². The monoisotopic (exact) mass is 251 g/mol. The smallest absolute Gasteiger partial charge is 0.222 e. The fourth-order valence-corrected chi connectivity index (χ4v) is 2.23. The zero-order chi connectivity index (χ0) is 13.5.